The maximum atomic E-state index is 13.4. The minimum atomic E-state index is -2.53. The Bertz CT molecular complexity index is 3350. The highest BCUT2D eigenvalue weighted by Crippen LogP contribution is 2.61. The fraction of sp³-hybridized carbons (Fsp3) is 0.407. The molecule has 3 aromatic heterocycles. The summed E-state index contributed by atoms with van der Waals surface area (Å²) < 4.78 is 95.5. The Morgan fingerprint density at radius 1 is 0.564 bits per heavy atom. The summed E-state index contributed by atoms with van der Waals surface area (Å²) >= 11 is 3.55. The van der Waals surface area contributed by atoms with Gasteiger partial charge < -0.3 is 29.3 Å². The number of nitriles is 2. The standard InChI is InChI=1S/C19H18F2N4O2.C18H18BrF2N3O2.C17H14F2N4O2/c1-2-27-18(26)14-7-23-25(9-14)8-12-3-4-15(5-13(12)6-22)24-10-16-17(11-24)19(16,20)21;1-2-26-17(25)12-6-22-24(8-12)7-11-3-4-13(5-16(11)19)23-9-14-15(10-23)18(14,20)21;18-17(19)14-8-22(9-15(14)17)13-2-1-10(11(3-13)4-20)6-23-7-12(5-21-23)16(24)25/h3-5,7,9,16-17H,2,8,10-11H2,1H3;3-6,8,14-15H,2,7,9-10H2,1H3;1-3,5,7,14-15H,6,8-9H2,(H,24,25). The van der Waals surface area contributed by atoms with Crippen LogP contribution in [0.15, 0.2) is 96.3 Å². The van der Waals surface area contributed by atoms with E-state index < -0.39 is 71.2 Å². The number of esters is 2. The molecule has 1 N–H and O–H groups in total. The SMILES string of the molecule is CCOC(=O)c1cnn(Cc2ccc(N3CC4C(C3)C4(F)F)cc2Br)c1.CCOC(=O)c1cnn(Cc2ccc(N3CC4C(C3)C4(F)F)cc2C#N)c1.N#Cc1cc(N2CC3C(C2)C3(F)F)ccc1Cn1cc(C(=O)O)cn1. The Balaban J connectivity index is 0.000000132. The number of alkyl halides is 6. The third-order valence-electron chi connectivity index (χ3n) is 15.3. The van der Waals surface area contributed by atoms with Gasteiger partial charge in [0.1, 0.15) is 0 Å². The molecule has 6 atom stereocenters. The number of carboxylic acid groups (broad SMARTS) is 1. The number of hydrogen-bond donors (Lipinski definition) is 1. The summed E-state index contributed by atoms with van der Waals surface area (Å²) in [7, 11) is 0. The molecule has 3 saturated heterocycles. The Morgan fingerprint density at radius 2 is 0.885 bits per heavy atom. The number of benzene rings is 3. The number of aromatic nitrogens is 6. The first kappa shape index (κ1) is 53.5. The van der Waals surface area contributed by atoms with Gasteiger partial charge in [-0.3, -0.25) is 14.0 Å². The number of fused-ring (bicyclic) bond motifs is 3. The maximum absolute atomic E-state index is 13.4. The molecule has 6 heterocycles. The quantitative estimate of drug-likeness (QED) is 0.0804. The molecule has 3 aliphatic heterocycles. The van der Waals surface area contributed by atoms with E-state index in [4.69, 9.17) is 14.6 Å². The van der Waals surface area contributed by atoms with Crippen LogP contribution in [0.3, 0.4) is 0 Å². The molecule has 0 bridgehead atoms. The van der Waals surface area contributed by atoms with Gasteiger partial charge in [0.25, 0.3) is 17.8 Å². The summed E-state index contributed by atoms with van der Waals surface area (Å²) in [6.07, 6.45) is 8.77. The molecule has 6 aliphatic rings. The van der Waals surface area contributed by atoms with Crippen LogP contribution >= 0.6 is 15.9 Å². The van der Waals surface area contributed by atoms with E-state index in [-0.39, 0.29) is 18.7 Å². The minimum absolute atomic E-state index is 0.0762. The zero-order chi connectivity index (χ0) is 55.4. The number of nitrogens with zero attached hydrogens (tertiary/aromatic N) is 11. The molecular weight excluding hydrogens is 1090 g/mol. The van der Waals surface area contributed by atoms with Crippen molar-refractivity contribution in [1.82, 2.24) is 29.3 Å². The first-order chi connectivity index (χ1) is 37.2. The molecule has 0 radical (unpaired) electrons. The second-order valence-corrected chi connectivity index (χ2v) is 20.9. The molecule has 17 nitrogen and oxygen atoms in total. The monoisotopic (exact) mass is 1140 g/mol. The van der Waals surface area contributed by atoms with Crippen LogP contribution in [-0.2, 0) is 29.1 Å². The molecule has 6 unspecified atom stereocenters. The van der Waals surface area contributed by atoms with Crippen LogP contribution in [-0.4, -0.2) is 123 Å². The zero-order valence-corrected chi connectivity index (χ0v) is 43.5. The number of rotatable bonds is 14. The summed E-state index contributed by atoms with van der Waals surface area (Å²) in [5, 5.41) is 40.1. The van der Waals surface area contributed by atoms with Crippen LogP contribution in [0.1, 0.15) is 72.7 Å². The van der Waals surface area contributed by atoms with Crippen LogP contribution in [0.25, 0.3) is 0 Å². The normalized spacial score (nSPS) is 22.8. The summed E-state index contributed by atoms with van der Waals surface area (Å²) in [5.74, 6) is -12.7. The number of carbonyl (C=O) groups excluding carboxylic acids is 2. The average molecular weight is 1140 g/mol. The molecule has 0 amide bonds. The van der Waals surface area contributed by atoms with Gasteiger partial charge in [0, 0.05) is 79.4 Å². The van der Waals surface area contributed by atoms with Crippen LogP contribution < -0.4 is 14.7 Å². The van der Waals surface area contributed by atoms with Crippen molar-refractivity contribution in [2.45, 2.75) is 51.2 Å². The molecule has 6 fully saturated rings. The van der Waals surface area contributed by atoms with E-state index in [0.29, 0.717) is 86.8 Å². The van der Waals surface area contributed by atoms with E-state index in [2.05, 4.69) is 43.4 Å². The third-order valence-corrected chi connectivity index (χ3v) is 16.1. The van der Waals surface area contributed by atoms with Crippen LogP contribution in [0.2, 0.25) is 0 Å². The van der Waals surface area contributed by atoms with Gasteiger partial charge in [-0.2, -0.15) is 25.8 Å². The fourth-order valence-corrected chi connectivity index (χ4v) is 11.1. The van der Waals surface area contributed by atoms with Crippen molar-refractivity contribution in [2.24, 2.45) is 35.5 Å². The number of anilines is 3. The fourth-order valence-electron chi connectivity index (χ4n) is 10.6. The van der Waals surface area contributed by atoms with E-state index >= 15 is 0 Å². The predicted octanol–water partition coefficient (Wildman–Crippen LogP) is 8.46. The Labute approximate surface area is 451 Å². The minimum Gasteiger partial charge on any atom is -0.478 e. The Hall–Kier alpha value is -7.86. The van der Waals surface area contributed by atoms with Gasteiger partial charge in [-0.15, -0.1) is 0 Å². The summed E-state index contributed by atoms with van der Waals surface area (Å²) in [4.78, 5) is 40.1. The lowest BCUT2D eigenvalue weighted by molar-refractivity contribution is 0.0516. The van der Waals surface area contributed by atoms with E-state index in [1.807, 2.05) is 45.0 Å². The molecule has 12 rings (SSSR count). The number of hydrogen-bond acceptors (Lipinski definition) is 13. The molecular formula is C54H50BrF6N11O6. The highest BCUT2D eigenvalue weighted by molar-refractivity contribution is 9.10. The molecule has 3 aromatic carbocycles. The zero-order valence-electron chi connectivity index (χ0n) is 42.0. The van der Waals surface area contributed by atoms with E-state index in [9.17, 15) is 51.2 Å². The van der Waals surface area contributed by atoms with Crippen molar-refractivity contribution in [2.75, 3.05) is 67.2 Å². The van der Waals surface area contributed by atoms with Gasteiger partial charge in [-0.25, -0.2) is 40.7 Å². The van der Waals surface area contributed by atoms with E-state index in [1.165, 1.54) is 29.5 Å². The van der Waals surface area contributed by atoms with Crippen LogP contribution in [0.5, 0.6) is 0 Å². The molecule has 78 heavy (non-hydrogen) atoms. The van der Waals surface area contributed by atoms with Crippen LogP contribution in [0, 0.1) is 58.2 Å². The lowest BCUT2D eigenvalue weighted by atomic mass is 10.1. The van der Waals surface area contributed by atoms with E-state index in [1.54, 1.807) is 59.9 Å². The number of ether oxygens (including phenoxy) is 2. The largest absolute Gasteiger partial charge is 0.478 e. The maximum Gasteiger partial charge on any atom is 0.341 e. The molecule has 406 valence electrons. The van der Waals surface area contributed by atoms with Crippen molar-refractivity contribution in [3.8, 4) is 12.1 Å². The van der Waals surface area contributed by atoms with Crippen LogP contribution in [0.4, 0.5) is 43.4 Å². The van der Waals surface area contributed by atoms with Crippen molar-refractivity contribution in [1.29, 1.82) is 10.5 Å². The topological polar surface area (TPSA) is 201 Å². The number of piperidine rings is 3. The molecule has 3 aliphatic carbocycles. The molecule has 0 spiro atoms. The molecule has 24 heteroatoms. The smallest absolute Gasteiger partial charge is 0.341 e. The Morgan fingerprint density at radius 3 is 1.21 bits per heavy atom. The highest BCUT2D eigenvalue weighted by Gasteiger charge is 2.73. The summed E-state index contributed by atoms with van der Waals surface area (Å²) in [6.45, 7) is 7.25. The highest BCUT2D eigenvalue weighted by atomic mass is 79.9. The first-order valence-electron chi connectivity index (χ1n) is 25.1. The second-order valence-electron chi connectivity index (χ2n) is 20.1. The summed E-state index contributed by atoms with van der Waals surface area (Å²) in [6, 6.07) is 20.8. The Kier molecular flexibility index (Phi) is 14.3. The van der Waals surface area contributed by atoms with E-state index in [0.717, 1.165) is 32.7 Å². The average Bonchev–Trinajstić information content (AvgIpc) is 3.94. The predicted molar refractivity (Wildman–Crippen MR) is 272 cm³/mol. The summed E-state index contributed by atoms with van der Waals surface area (Å²) in [5.41, 5.74) is 6.65. The van der Waals surface area contributed by atoms with Crippen molar-refractivity contribution in [3.63, 3.8) is 0 Å². The van der Waals surface area contributed by atoms with Crippen molar-refractivity contribution >= 4 is 50.9 Å². The van der Waals surface area contributed by atoms with Gasteiger partial charge >= 0.3 is 17.9 Å². The van der Waals surface area contributed by atoms with Gasteiger partial charge in [-0.1, -0.05) is 34.1 Å². The number of aromatic carboxylic acids is 1. The second kappa shape index (κ2) is 20.8. The van der Waals surface area contributed by atoms with Crippen molar-refractivity contribution < 1.29 is 55.3 Å². The number of carbonyl (C=O) groups is 3. The van der Waals surface area contributed by atoms with Gasteiger partial charge in [0.2, 0.25) is 0 Å². The molecule has 3 saturated carbocycles. The van der Waals surface area contributed by atoms with Gasteiger partial charge in [-0.05, 0) is 66.9 Å². The number of halogens is 7. The van der Waals surface area contributed by atoms with Crippen molar-refractivity contribution in [3.05, 3.63) is 141 Å². The number of carboxylic acids is 1. The van der Waals surface area contributed by atoms with Gasteiger partial charge in [0.15, 0.2) is 0 Å². The third kappa shape index (κ3) is 10.6. The van der Waals surface area contributed by atoms with Gasteiger partial charge in [0.05, 0.1) is 127 Å². The lowest BCUT2D eigenvalue weighted by Crippen LogP contribution is -2.27. The first-order valence-corrected chi connectivity index (χ1v) is 25.9. The lowest BCUT2D eigenvalue weighted by Gasteiger charge is -2.22. The molecule has 6 aromatic rings.